The van der Waals surface area contributed by atoms with Gasteiger partial charge in [0.1, 0.15) is 22.7 Å². The molecule has 33 heavy (non-hydrogen) atoms. The van der Waals surface area contributed by atoms with Gasteiger partial charge in [-0.1, -0.05) is 0 Å². The van der Waals surface area contributed by atoms with E-state index in [-0.39, 0.29) is 11.9 Å². The molecule has 174 valence electrons. The van der Waals surface area contributed by atoms with Crippen LogP contribution in [0.15, 0.2) is 68.8 Å². The lowest BCUT2D eigenvalue weighted by molar-refractivity contribution is -0.0546. The molecule has 1 atom stereocenters. The SMILES string of the molecule is CN/C=N\C(=C/COC(C)C(C)(C)Oc1cc2oc(=O)ccc2cc1C)c1ccc(O)cc1. The van der Waals surface area contributed by atoms with Gasteiger partial charge in [0.15, 0.2) is 0 Å². The molecule has 2 N–H and O–H groups in total. The molecule has 0 amide bonds. The maximum atomic E-state index is 11.6. The Morgan fingerprint density at radius 2 is 1.94 bits per heavy atom. The van der Waals surface area contributed by atoms with Crippen LogP contribution in [0.5, 0.6) is 11.5 Å². The number of benzene rings is 2. The van der Waals surface area contributed by atoms with Crippen LogP contribution in [0.4, 0.5) is 0 Å². The number of fused-ring (bicyclic) bond motifs is 1. The molecule has 1 unspecified atom stereocenters. The summed E-state index contributed by atoms with van der Waals surface area (Å²) in [6, 6.07) is 13.7. The van der Waals surface area contributed by atoms with E-state index in [1.807, 2.05) is 39.8 Å². The van der Waals surface area contributed by atoms with E-state index in [1.165, 1.54) is 6.07 Å². The van der Waals surface area contributed by atoms with Gasteiger partial charge in [0.25, 0.3) is 0 Å². The highest BCUT2D eigenvalue weighted by Crippen LogP contribution is 2.30. The van der Waals surface area contributed by atoms with Gasteiger partial charge in [-0.2, -0.15) is 0 Å². The van der Waals surface area contributed by atoms with Crippen molar-refractivity contribution < 1.29 is 19.0 Å². The zero-order chi connectivity index (χ0) is 24.0. The van der Waals surface area contributed by atoms with Gasteiger partial charge in [-0.05, 0) is 75.7 Å². The zero-order valence-corrected chi connectivity index (χ0v) is 19.6. The first-order chi connectivity index (χ1) is 15.7. The molecule has 7 heteroatoms. The molecule has 0 aliphatic rings. The second-order valence-electron chi connectivity index (χ2n) is 8.27. The van der Waals surface area contributed by atoms with Crippen LogP contribution >= 0.6 is 0 Å². The number of ether oxygens (including phenoxy) is 2. The largest absolute Gasteiger partial charge is 0.508 e. The summed E-state index contributed by atoms with van der Waals surface area (Å²) in [7, 11) is 1.77. The number of aromatic hydroxyl groups is 1. The maximum Gasteiger partial charge on any atom is 0.336 e. The summed E-state index contributed by atoms with van der Waals surface area (Å²) in [5.74, 6) is 0.832. The van der Waals surface area contributed by atoms with Crippen molar-refractivity contribution in [3.8, 4) is 11.5 Å². The van der Waals surface area contributed by atoms with Gasteiger partial charge in [0.05, 0.1) is 24.7 Å². The minimum atomic E-state index is -0.658. The minimum absolute atomic E-state index is 0.197. The lowest BCUT2D eigenvalue weighted by atomic mass is 10.0. The van der Waals surface area contributed by atoms with E-state index in [9.17, 15) is 9.90 Å². The third-order valence-corrected chi connectivity index (χ3v) is 5.39. The molecule has 0 spiro atoms. The normalized spacial score (nSPS) is 13.4. The number of rotatable bonds is 9. The van der Waals surface area contributed by atoms with E-state index in [4.69, 9.17) is 13.9 Å². The van der Waals surface area contributed by atoms with E-state index in [0.717, 1.165) is 22.2 Å². The molecule has 1 heterocycles. The van der Waals surface area contributed by atoms with Gasteiger partial charge in [0.2, 0.25) is 0 Å². The Labute approximate surface area is 193 Å². The third kappa shape index (κ3) is 6.23. The Morgan fingerprint density at radius 1 is 1.21 bits per heavy atom. The van der Waals surface area contributed by atoms with Crippen LogP contribution in [0, 0.1) is 6.92 Å². The molecule has 3 rings (SSSR count). The molecule has 0 radical (unpaired) electrons. The first kappa shape index (κ1) is 24.1. The summed E-state index contributed by atoms with van der Waals surface area (Å²) in [5, 5.41) is 13.3. The number of phenolic OH excluding ortho intramolecular Hbond substituents is 1. The summed E-state index contributed by atoms with van der Waals surface area (Å²) in [6.07, 6.45) is 3.21. The van der Waals surface area contributed by atoms with E-state index in [0.29, 0.717) is 17.9 Å². The number of nitrogens with zero attached hydrogens (tertiary/aromatic N) is 1. The Kier molecular flexibility index (Phi) is 7.55. The predicted molar refractivity (Wildman–Crippen MR) is 131 cm³/mol. The molecule has 0 saturated heterocycles. The van der Waals surface area contributed by atoms with Crippen LogP contribution in [0.3, 0.4) is 0 Å². The van der Waals surface area contributed by atoms with Gasteiger partial charge < -0.3 is 24.3 Å². The van der Waals surface area contributed by atoms with Crippen LogP contribution < -0.4 is 15.7 Å². The summed E-state index contributed by atoms with van der Waals surface area (Å²) in [5.41, 5.74) is 1.94. The monoisotopic (exact) mass is 450 g/mol. The predicted octanol–water partition coefficient (Wildman–Crippen LogP) is 4.66. The second-order valence-corrected chi connectivity index (χ2v) is 8.27. The van der Waals surface area contributed by atoms with Gasteiger partial charge >= 0.3 is 5.63 Å². The highest BCUT2D eigenvalue weighted by atomic mass is 16.6. The molecule has 0 fully saturated rings. The Morgan fingerprint density at radius 3 is 2.64 bits per heavy atom. The van der Waals surface area contributed by atoms with Crippen molar-refractivity contribution >= 4 is 23.0 Å². The average molecular weight is 451 g/mol. The first-order valence-corrected chi connectivity index (χ1v) is 10.7. The Bertz CT molecular complexity index is 1210. The molecule has 3 aromatic rings. The fraction of sp³-hybridized carbons (Fsp3) is 0.308. The van der Waals surface area contributed by atoms with Crippen molar-refractivity contribution in [3.05, 3.63) is 76.2 Å². The lowest BCUT2D eigenvalue weighted by Gasteiger charge is -2.33. The topological polar surface area (TPSA) is 93.3 Å². The quantitative estimate of drug-likeness (QED) is 0.280. The smallest absolute Gasteiger partial charge is 0.336 e. The lowest BCUT2D eigenvalue weighted by Crippen LogP contribution is -2.42. The fourth-order valence-electron chi connectivity index (χ4n) is 3.17. The van der Waals surface area contributed by atoms with Gasteiger partial charge in [-0.25, -0.2) is 9.79 Å². The molecule has 0 saturated carbocycles. The number of hydrogen-bond acceptors (Lipinski definition) is 6. The Balaban J connectivity index is 1.73. The van der Waals surface area contributed by atoms with E-state index in [2.05, 4.69) is 10.3 Å². The number of phenols is 1. The van der Waals surface area contributed by atoms with Crippen LogP contribution in [-0.2, 0) is 4.74 Å². The number of nitrogens with one attached hydrogen (secondary N) is 1. The van der Waals surface area contributed by atoms with Crippen molar-refractivity contribution in [2.45, 2.75) is 39.4 Å². The first-order valence-electron chi connectivity index (χ1n) is 10.7. The molecular formula is C26H30N2O5. The van der Waals surface area contributed by atoms with Crippen molar-refractivity contribution in [1.29, 1.82) is 0 Å². The Hall–Kier alpha value is -3.58. The average Bonchev–Trinajstić information content (AvgIpc) is 2.77. The summed E-state index contributed by atoms with van der Waals surface area (Å²) in [4.78, 5) is 16.0. The molecule has 0 aliphatic heterocycles. The van der Waals surface area contributed by atoms with Crippen molar-refractivity contribution in [3.63, 3.8) is 0 Å². The number of hydrogen-bond donors (Lipinski definition) is 2. The minimum Gasteiger partial charge on any atom is -0.508 e. The highest BCUT2D eigenvalue weighted by Gasteiger charge is 2.29. The van der Waals surface area contributed by atoms with Gasteiger partial charge in [0, 0.05) is 30.1 Å². The number of aliphatic imine (C=N–C) groups is 1. The molecule has 0 bridgehead atoms. The van der Waals surface area contributed by atoms with E-state index < -0.39 is 11.2 Å². The van der Waals surface area contributed by atoms with Crippen LogP contribution in [0.1, 0.15) is 31.9 Å². The van der Waals surface area contributed by atoms with Crippen molar-refractivity contribution in [2.75, 3.05) is 13.7 Å². The second kappa shape index (κ2) is 10.4. The van der Waals surface area contributed by atoms with Crippen molar-refractivity contribution in [1.82, 2.24) is 5.32 Å². The van der Waals surface area contributed by atoms with E-state index in [1.54, 1.807) is 49.8 Å². The molecule has 1 aromatic heterocycles. The number of aryl methyl sites for hydroxylation is 1. The molecular weight excluding hydrogens is 420 g/mol. The van der Waals surface area contributed by atoms with Gasteiger partial charge in [-0.3, -0.25) is 0 Å². The van der Waals surface area contributed by atoms with Crippen molar-refractivity contribution in [2.24, 2.45) is 4.99 Å². The van der Waals surface area contributed by atoms with E-state index >= 15 is 0 Å². The highest BCUT2D eigenvalue weighted by molar-refractivity contribution is 5.79. The van der Waals surface area contributed by atoms with Crippen LogP contribution in [-0.4, -0.2) is 36.8 Å². The molecule has 2 aromatic carbocycles. The van der Waals surface area contributed by atoms with Crippen LogP contribution in [0.2, 0.25) is 0 Å². The molecule has 7 nitrogen and oxygen atoms in total. The fourth-order valence-corrected chi connectivity index (χ4v) is 3.17. The summed E-state index contributed by atoms with van der Waals surface area (Å²) < 4.78 is 17.6. The van der Waals surface area contributed by atoms with Gasteiger partial charge in [-0.15, -0.1) is 0 Å². The van der Waals surface area contributed by atoms with Crippen LogP contribution in [0.25, 0.3) is 16.7 Å². The third-order valence-electron chi connectivity index (χ3n) is 5.39. The maximum absolute atomic E-state index is 11.6. The zero-order valence-electron chi connectivity index (χ0n) is 19.6. The molecule has 0 aliphatic carbocycles. The standard InChI is InChI=1S/C26H30N2O5/c1-17-14-20-8-11-25(30)32-24(20)15-23(17)33-26(3,4)18(2)31-13-12-22(28-16-27-5)19-6-9-21(29)10-7-19/h6-12,14-16,18,29H,13H2,1-5H3,(H,27,28)/b22-12-. The summed E-state index contributed by atoms with van der Waals surface area (Å²) >= 11 is 0. The summed E-state index contributed by atoms with van der Waals surface area (Å²) in [6.45, 7) is 8.12.